The highest BCUT2D eigenvalue weighted by Crippen LogP contribution is 2.45. The summed E-state index contributed by atoms with van der Waals surface area (Å²) in [6.45, 7) is 0. The number of benzene rings is 1. The molecule has 1 aliphatic rings. The first-order valence-electron chi connectivity index (χ1n) is 5.77. The Hall–Kier alpha value is -0.440. The standard InChI is InChI=1S/C13H12Cl2OS/c14-11-9(16)5-8-6-10(7-3-1-2-4-7)17-13(8)12(11)15/h5-7,16H,1-4H2. The van der Waals surface area contributed by atoms with E-state index in [1.165, 1.54) is 30.6 Å². The van der Waals surface area contributed by atoms with Crippen molar-refractivity contribution in [3.05, 3.63) is 27.1 Å². The zero-order valence-corrected chi connectivity index (χ0v) is 11.5. The molecule has 1 aromatic heterocycles. The van der Waals surface area contributed by atoms with Crippen LogP contribution in [0.1, 0.15) is 36.5 Å². The fourth-order valence-electron chi connectivity index (χ4n) is 2.54. The molecule has 0 amide bonds. The van der Waals surface area contributed by atoms with E-state index in [2.05, 4.69) is 6.07 Å². The number of phenols is 1. The number of thiophene rings is 1. The molecule has 17 heavy (non-hydrogen) atoms. The summed E-state index contributed by atoms with van der Waals surface area (Å²) in [6, 6.07) is 3.86. The largest absolute Gasteiger partial charge is 0.506 e. The van der Waals surface area contributed by atoms with E-state index in [0.717, 1.165) is 10.1 Å². The Morgan fingerprint density at radius 3 is 2.53 bits per heavy atom. The van der Waals surface area contributed by atoms with E-state index >= 15 is 0 Å². The average molecular weight is 287 g/mol. The lowest BCUT2D eigenvalue weighted by Crippen LogP contribution is -1.85. The fourth-order valence-corrected chi connectivity index (χ4v) is 4.32. The maximum atomic E-state index is 9.66. The van der Waals surface area contributed by atoms with Gasteiger partial charge in [-0.2, -0.15) is 0 Å². The topological polar surface area (TPSA) is 20.2 Å². The minimum Gasteiger partial charge on any atom is -0.506 e. The second-order valence-electron chi connectivity index (χ2n) is 4.57. The van der Waals surface area contributed by atoms with Crippen molar-refractivity contribution in [1.82, 2.24) is 0 Å². The molecule has 0 saturated heterocycles. The minimum atomic E-state index is 0.0694. The molecule has 1 aromatic carbocycles. The Labute approximate surface area is 114 Å². The Morgan fingerprint density at radius 2 is 1.82 bits per heavy atom. The van der Waals surface area contributed by atoms with Gasteiger partial charge in [-0.15, -0.1) is 11.3 Å². The molecule has 0 atom stereocenters. The molecule has 0 unspecified atom stereocenters. The molecule has 90 valence electrons. The first-order valence-corrected chi connectivity index (χ1v) is 7.34. The molecule has 0 spiro atoms. The molecule has 0 bridgehead atoms. The van der Waals surface area contributed by atoms with Crippen LogP contribution >= 0.6 is 34.5 Å². The van der Waals surface area contributed by atoms with Crippen molar-refractivity contribution in [3.63, 3.8) is 0 Å². The monoisotopic (exact) mass is 286 g/mol. The molecule has 3 rings (SSSR count). The van der Waals surface area contributed by atoms with E-state index in [9.17, 15) is 5.11 Å². The molecule has 1 saturated carbocycles. The zero-order valence-electron chi connectivity index (χ0n) is 9.17. The minimum absolute atomic E-state index is 0.0694. The smallest absolute Gasteiger partial charge is 0.136 e. The van der Waals surface area contributed by atoms with Gasteiger partial charge in [0, 0.05) is 4.88 Å². The summed E-state index contributed by atoms with van der Waals surface area (Å²) < 4.78 is 0.997. The fraction of sp³-hybridized carbons (Fsp3) is 0.385. The quantitative estimate of drug-likeness (QED) is 0.726. The Morgan fingerprint density at radius 1 is 1.12 bits per heavy atom. The van der Waals surface area contributed by atoms with Crippen LogP contribution in [-0.4, -0.2) is 5.11 Å². The van der Waals surface area contributed by atoms with E-state index in [1.807, 2.05) is 0 Å². The molecule has 1 fully saturated rings. The third kappa shape index (κ3) is 1.92. The lowest BCUT2D eigenvalue weighted by Gasteiger charge is -2.03. The van der Waals surface area contributed by atoms with Crippen LogP contribution in [0, 0.1) is 0 Å². The van der Waals surface area contributed by atoms with Crippen LogP contribution in [0.5, 0.6) is 5.75 Å². The van der Waals surface area contributed by atoms with Crippen molar-refractivity contribution in [1.29, 1.82) is 0 Å². The molecule has 0 radical (unpaired) electrons. The maximum Gasteiger partial charge on any atom is 0.136 e. The third-order valence-corrected chi connectivity index (χ3v) is 5.75. The lowest BCUT2D eigenvalue weighted by molar-refractivity contribution is 0.476. The highest BCUT2D eigenvalue weighted by Gasteiger charge is 2.21. The van der Waals surface area contributed by atoms with Gasteiger partial charge in [0.15, 0.2) is 0 Å². The molecule has 4 heteroatoms. The summed E-state index contributed by atoms with van der Waals surface area (Å²) in [4.78, 5) is 1.38. The summed E-state index contributed by atoms with van der Waals surface area (Å²) in [5.74, 6) is 0.740. The highest BCUT2D eigenvalue weighted by molar-refractivity contribution is 7.19. The summed E-state index contributed by atoms with van der Waals surface area (Å²) >= 11 is 13.8. The van der Waals surface area contributed by atoms with Crippen LogP contribution < -0.4 is 0 Å². The van der Waals surface area contributed by atoms with E-state index in [1.54, 1.807) is 17.4 Å². The van der Waals surface area contributed by atoms with Crippen molar-refractivity contribution in [2.24, 2.45) is 0 Å². The van der Waals surface area contributed by atoms with Crippen molar-refractivity contribution < 1.29 is 5.11 Å². The van der Waals surface area contributed by atoms with Gasteiger partial charge in [-0.25, -0.2) is 0 Å². The number of phenolic OH excluding ortho intramolecular Hbond substituents is 1. The van der Waals surface area contributed by atoms with Gasteiger partial charge in [0.25, 0.3) is 0 Å². The Bertz CT molecular complexity index is 570. The van der Waals surface area contributed by atoms with Gasteiger partial charge in [-0.3, -0.25) is 0 Å². The SMILES string of the molecule is Oc1cc2cc(C3CCCC3)sc2c(Cl)c1Cl. The number of halogens is 2. The zero-order chi connectivity index (χ0) is 12.0. The van der Waals surface area contributed by atoms with E-state index in [-0.39, 0.29) is 10.8 Å². The first kappa shape index (κ1) is 11.6. The molecule has 1 heterocycles. The number of aromatic hydroxyl groups is 1. The van der Waals surface area contributed by atoms with Gasteiger partial charge in [-0.1, -0.05) is 36.0 Å². The highest BCUT2D eigenvalue weighted by atomic mass is 35.5. The van der Waals surface area contributed by atoms with Crippen LogP contribution in [0.3, 0.4) is 0 Å². The summed E-state index contributed by atoms with van der Waals surface area (Å²) in [5.41, 5.74) is 0. The third-order valence-electron chi connectivity index (χ3n) is 3.45. The van der Waals surface area contributed by atoms with E-state index < -0.39 is 0 Å². The second kappa shape index (κ2) is 4.34. The van der Waals surface area contributed by atoms with Crippen molar-refractivity contribution in [2.75, 3.05) is 0 Å². The van der Waals surface area contributed by atoms with Crippen LogP contribution in [-0.2, 0) is 0 Å². The predicted octanol–water partition coefficient (Wildman–Crippen LogP) is 5.57. The van der Waals surface area contributed by atoms with Crippen LogP contribution in [0.25, 0.3) is 10.1 Å². The summed E-state index contributed by atoms with van der Waals surface area (Å²) in [7, 11) is 0. The van der Waals surface area contributed by atoms with Gasteiger partial charge in [0.2, 0.25) is 0 Å². The average Bonchev–Trinajstić information content (AvgIpc) is 2.93. The summed E-state index contributed by atoms with van der Waals surface area (Å²) in [6.07, 6.45) is 5.17. The van der Waals surface area contributed by atoms with Crippen LogP contribution in [0.2, 0.25) is 10.0 Å². The van der Waals surface area contributed by atoms with Gasteiger partial charge in [-0.05, 0) is 36.3 Å². The normalized spacial score (nSPS) is 17.1. The van der Waals surface area contributed by atoms with Gasteiger partial charge >= 0.3 is 0 Å². The molecular formula is C13H12Cl2OS. The molecule has 1 aliphatic carbocycles. The molecular weight excluding hydrogens is 275 g/mol. The number of rotatable bonds is 1. The number of fused-ring (bicyclic) bond motifs is 1. The molecule has 0 aliphatic heterocycles. The van der Waals surface area contributed by atoms with E-state index in [4.69, 9.17) is 23.2 Å². The van der Waals surface area contributed by atoms with Crippen LogP contribution in [0.15, 0.2) is 12.1 Å². The number of hydrogen-bond acceptors (Lipinski definition) is 2. The summed E-state index contributed by atoms with van der Waals surface area (Å²) in [5, 5.41) is 11.4. The number of hydrogen-bond donors (Lipinski definition) is 1. The molecule has 1 N–H and O–H groups in total. The van der Waals surface area contributed by atoms with Gasteiger partial charge in [0.05, 0.1) is 9.72 Å². The Balaban J connectivity index is 2.15. The first-order chi connectivity index (χ1) is 8.16. The lowest BCUT2D eigenvalue weighted by atomic mass is 10.1. The Kier molecular flexibility index (Phi) is 2.97. The van der Waals surface area contributed by atoms with Gasteiger partial charge < -0.3 is 5.11 Å². The van der Waals surface area contributed by atoms with Gasteiger partial charge in [0.1, 0.15) is 10.8 Å². The van der Waals surface area contributed by atoms with Crippen molar-refractivity contribution >= 4 is 44.6 Å². The molecule has 2 aromatic rings. The van der Waals surface area contributed by atoms with Crippen LogP contribution in [0.4, 0.5) is 0 Å². The maximum absolute atomic E-state index is 9.66. The second-order valence-corrected chi connectivity index (χ2v) is 6.41. The van der Waals surface area contributed by atoms with Crippen molar-refractivity contribution in [3.8, 4) is 5.75 Å². The predicted molar refractivity (Wildman–Crippen MR) is 74.7 cm³/mol. The molecule has 1 nitrogen and oxygen atoms in total. The van der Waals surface area contributed by atoms with Crippen molar-refractivity contribution in [2.45, 2.75) is 31.6 Å². The van der Waals surface area contributed by atoms with E-state index in [0.29, 0.717) is 10.9 Å².